The van der Waals surface area contributed by atoms with Crippen molar-refractivity contribution in [2.75, 3.05) is 6.54 Å². The first-order valence-corrected chi connectivity index (χ1v) is 5.69. The molecular formula is C10H16Li2N4O6. The van der Waals surface area contributed by atoms with Gasteiger partial charge in [-0.2, -0.15) is 0 Å². The minimum atomic E-state index is -1.65. The maximum atomic E-state index is 10.6. The number of carboxylic acids is 3. The van der Waals surface area contributed by atoms with Crippen molar-refractivity contribution in [3.63, 3.8) is 0 Å². The Bertz CT molecular complexity index is 407. The molecule has 22 heavy (non-hydrogen) atoms. The number of hydrogen-bond donors (Lipinski definition) is 4. The van der Waals surface area contributed by atoms with Crippen LogP contribution in [-0.4, -0.2) is 47.6 Å². The number of rotatable bonds is 9. The summed E-state index contributed by atoms with van der Waals surface area (Å²) in [7, 11) is 0. The molecule has 0 unspecified atom stereocenters. The van der Waals surface area contributed by atoms with E-state index in [-0.39, 0.29) is 56.6 Å². The summed E-state index contributed by atoms with van der Waals surface area (Å²) in [6.07, 6.45) is -0.316. The molecular weight excluding hydrogens is 286 g/mol. The third-order valence-corrected chi connectivity index (χ3v) is 2.25. The summed E-state index contributed by atoms with van der Waals surface area (Å²) in [4.78, 5) is 35.0. The average Bonchev–Trinajstić information content (AvgIpc) is 2.32. The summed E-state index contributed by atoms with van der Waals surface area (Å²) >= 11 is 0. The molecule has 0 rings (SSSR count). The molecule has 0 aromatic rings. The van der Waals surface area contributed by atoms with E-state index in [1.807, 2.05) is 0 Å². The molecule has 2 atom stereocenters. The zero-order valence-corrected chi connectivity index (χ0v) is 12.6. The summed E-state index contributed by atoms with van der Waals surface area (Å²) < 4.78 is 0. The molecule has 0 saturated heterocycles. The van der Waals surface area contributed by atoms with Crippen molar-refractivity contribution in [2.24, 2.45) is 16.5 Å². The number of nitrogens with two attached hydrogens (primary N) is 2. The molecule has 0 spiro atoms. The third-order valence-electron chi connectivity index (χ3n) is 2.25. The molecule has 0 heterocycles. The van der Waals surface area contributed by atoms with Gasteiger partial charge in [-0.1, -0.05) is 0 Å². The van der Waals surface area contributed by atoms with Crippen molar-refractivity contribution in [2.45, 2.75) is 31.3 Å². The van der Waals surface area contributed by atoms with Crippen LogP contribution in [0.4, 0.5) is 0 Å². The van der Waals surface area contributed by atoms with E-state index >= 15 is 0 Å². The van der Waals surface area contributed by atoms with Crippen LogP contribution in [0.3, 0.4) is 0 Å². The number of aliphatic imine (C=N–C) groups is 1. The Labute approximate surface area is 151 Å². The van der Waals surface area contributed by atoms with Gasteiger partial charge in [-0.3, -0.25) is 9.79 Å². The van der Waals surface area contributed by atoms with Crippen LogP contribution in [0.5, 0.6) is 0 Å². The van der Waals surface area contributed by atoms with Crippen LogP contribution < -0.4 is 64.7 Å². The number of carbonyl (C=O) groups excluding carboxylic acids is 2. The Morgan fingerprint density at radius 3 is 2.18 bits per heavy atom. The minimum absolute atomic E-state index is 0. The number of nitrogens with one attached hydrogen (secondary N) is 1. The normalized spacial score (nSPS) is 13.0. The SMILES string of the molecule is NC(=NCCC[C@H](N)C(=O)O)N[C@@H](CC(=O)[O-])C(=O)[O-].[Li+].[Li+]. The Balaban J connectivity index is -0.00000180. The molecule has 0 aliphatic heterocycles. The van der Waals surface area contributed by atoms with Gasteiger partial charge < -0.3 is 41.7 Å². The first-order valence-electron chi connectivity index (χ1n) is 5.69. The van der Waals surface area contributed by atoms with E-state index in [0.29, 0.717) is 6.42 Å². The van der Waals surface area contributed by atoms with Gasteiger partial charge in [0, 0.05) is 18.9 Å². The van der Waals surface area contributed by atoms with E-state index < -0.39 is 36.4 Å². The van der Waals surface area contributed by atoms with Crippen molar-refractivity contribution in [1.82, 2.24) is 5.32 Å². The largest absolute Gasteiger partial charge is 1.00 e. The maximum absolute atomic E-state index is 10.6. The van der Waals surface area contributed by atoms with Crippen LogP contribution in [0, 0.1) is 0 Å². The van der Waals surface area contributed by atoms with Gasteiger partial charge >= 0.3 is 43.7 Å². The van der Waals surface area contributed by atoms with Gasteiger partial charge in [0.25, 0.3) is 0 Å². The van der Waals surface area contributed by atoms with Crippen LogP contribution in [0.2, 0.25) is 0 Å². The topological polar surface area (TPSA) is 194 Å². The molecule has 0 aromatic heterocycles. The second-order valence-electron chi connectivity index (χ2n) is 3.95. The molecule has 6 N–H and O–H groups in total. The van der Waals surface area contributed by atoms with Crippen LogP contribution in [-0.2, 0) is 14.4 Å². The molecule has 0 amide bonds. The third kappa shape index (κ3) is 12.6. The quantitative estimate of drug-likeness (QED) is 0.138. The van der Waals surface area contributed by atoms with Gasteiger partial charge in [0.2, 0.25) is 0 Å². The van der Waals surface area contributed by atoms with Gasteiger partial charge in [0.1, 0.15) is 6.04 Å². The molecule has 0 radical (unpaired) electrons. The van der Waals surface area contributed by atoms with Crippen LogP contribution in [0.15, 0.2) is 4.99 Å². The Kier molecular flexibility index (Phi) is 15.8. The van der Waals surface area contributed by atoms with Gasteiger partial charge in [0.15, 0.2) is 5.96 Å². The molecule has 10 nitrogen and oxygen atoms in total. The number of hydrogen-bond acceptors (Lipinski definition) is 7. The fraction of sp³-hybridized carbons (Fsp3) is 0.600. The smallest absolute Gasteiger partial charge is 0.550 e. The van der Waals surface area contributed by atoms with Gasteiger partial charge in [-0.25, -0.2) is 0 Å². The monoisotopic (exact) mass is 302 g/mol. The van der Waals surface area contributed by atoms with Crippen molar-refractivity contribution < 1.29 is 67.4 Å². The fourth-order valence-corrected chi connectivity index (χ4v) is 1.22. The molecule has 12 heteroatoms. The molecule has 0 aliphatic carbocycles. The first-order chi connectivity index (χ1) is 9.23. The summed E-state index contributed by atoms with van der Waals surface area (Å²) in [6, 6.07) is -2.56. The molecule has 0 fully saturated rings. The van der Waals surface area contributed by atoms with Crippen LogP contribution >= 0.6 is 0 Å². The molecule has 0 saturated carbocycles. The van der Waals surface area contributed by atoms with Gasteiger partial charge in [-0.15, -0.1) is 0 Å². The summed E-state index contributed by atoms with van der Waals surface area (Å²) in [6.45, 7) is 0.116. The second kappa shape index (κ2) is 13.5. The molecule has 114 valence electrons. The van der Waals surface area contributed by atoms with E-state index in [0.717, 1.165) is 0 Å². The Hall–Kier alpha value is -1.17. The Morgan fingerprint density at radius 2 is 1.77 bits per heavy atom. The van der Waals surface area contributed by atoms with E-state index in [2.05, 4.69) is 10.3 Å². The number of guanidine groups is 1. The van der Waals surface area contributed by atoms with Crippen molar-refractivity contribution in [3.05, 3.63) is 0 Å². The summed E-state index contributed by atoms with van der Waals surface area (Å²) in [5.74, 6) is -4.65. The van der Waals surface area contributed by atoms with E-state index in [1.54, 1.807) is 0 Å². The van der Waals surface area contributed by atoms with Gasteiger partial charge in [0.05, 0.1) is 12.0 Å². The molecule has 0 aliphatic rings. The maximum Gasteiger partial charge on any atom is 1.00 e. The van der Waals surface area contributed by atoms with Crippen molar-refractivity contribution in [3.8, 4) is 0 Å². The predicted molar refractivity (Wildman–Crippen MR) is 62.9 cm³/mol. The molecule has 0 aromatic carbocycles. The van der Waals surface area contributed by atoms with Crippen molar-refractivity contribution >= 4 is 23.9 Å². The van der Waals surface area contributed by atoms with Gasteiger partial charge in [-0.05, 0) is 12.8 Å². The Morgan fingerprint density at radius 1 is 1.23 bits per heavy atom. The zero-order chi connectivity index (χ0) is 15.7. The van der Waals surface area contributed by atoms with Crippen LogP contribution in [0.1, 0.15) is 19.3 Å². The number of nitrogens with zero attached hydrogens (tertiary/aromatic N) is 1. The first kappa shape index (κ1) is 25.8. The fourth-order valence-electron chi connectivity index (χ4n) is 1.22. The molecule has 0 bridgehead atoms. The summed E-state index contributed by atoms with van der Waals surface area (Å²) in [5.41, 5.74) is 10.6. The summed E-state index contributed by atoms with van der Waals surface area (Å²) in [5, 5.41) is 31.6. The standard InChI is InChI=1S/C10H18N4O6.2Li/c11-5(8(17)18)2-1-3-13-10(12)14-6(9(19)20)4-7(15)16;;/h5-6H,1-4,11H2,(H,15,16)(H,17,18)(H,19,20)(H3,12,13,14);;/q;2*+1/p-2/t5-,6-;;/m0../s1. The second-order valence-corrected chi connectivity index (χ2v) is 3.95. The zero-order valence-electron chi connectivity index (χ0n) is 12.6. The number of aliphatic carboxylic acids is 3. The van der Waals surface area contributed by atoms with E-state index in [4.69, 9.17) is 16.6 Å². The minimum Gasteiger partial charge on any atom is -0.550 e. The van der Waals surface area contributed by atoms with E-state index in [9.17, 15) is 24.6 Å². The predicted octanol–water partition coefficient (Wildman–Crippen LogP) is -10.7. The van der Waals surface area contributed by atoms with E-state index in [1.165, 1.54) is 0 Å². The number of carbonyl (C=O) groups is 3. The van der Waals surface area contributed by atoms with Crippen molar-refractivity contribution in [1.29, 1.82) is 0 Å². The average molecular weight is 302 g/mol. The van der Waals surface area contributed by atoms with Crippen LogP contribution in [0.25, 0.3) is 0 Å². The number of carboxylic acid groups (broad SMARTS) is 3.